The van der Waals surface area contributed by atoms with Crippen molar-refractivity contribution in [2.75, 3.05) is 14.2 Å². The highest BCUT2D eigenvalue weighted by molar-refractivity contribution is 5.75. The van der Waals surface area contributed by atoms with Crippen molar-refractivity contribution in [1.29, 1.82) is 0 Å². The number of aryl methyl sites for hydroxylation is 3. The van der Waals surface area contributed by atoms with Crippen molar-refractivity contribution in [3.63, 3.8) is 0 Å². The van der Waals surface area contributed by atoms with Gasteiger partial charge in [0.25, 0.3) is 0 Å². The van der Waals surface area contributed by atoms with Gasteiger partial charge in [-0.1, -0.05) is 30.3 Å². The van der Waals surface area contributed by atoms with Crippen LogP contribution >= 0.6 is 0 Å². The molecule has 160 valence electrons. The second kappa shape index (κ2) is 9.13. The lowest BCUT2D eigenvalue weighted by molar-refractivity contribution is 0.288. The minimum absolute atomic E-state index is 0.422. The summed E-state index contributed by atoms with van der Waals surface area (Å²) in [5.74, 6) is 3.30. The molecule has 31 heavy (non-hydrogen) atoms. The van der Waals surface area contributed by atoms with Gasteiger partial charge in [0.05, 0.1) is 25.3 Å². The highest BCUT2D eigenvalue weighted by atomic mass is 16.5. The molecule has 5 heteroatoms. The number of benzene rings is 3. The van der Waals surface area contributed by atoms with E-state index >= 15 is 0 Å². The molecule has 4 rings (SSSR count). The Kier molecular flexibility index (Phi) is 6.12. The summed E-state index contributed by atoms with van der Waals surface area (Å²) in [6, 6.07) is 20.4. The van der Waals surface area contributed by atoms with E-state index in [1.165, 1.54) is 11.1 Å². The Morgan fingerprint density at radius 3 is 2.45 bits per heavy atom. The smallest absolute Gasteiger partial charge is 0.160 e. The second-order valence-electron chi connectivity index (χ2n) is 7.59. The van der Waals surface area contributed by atoms with Gasteiger partial charge in [-0.15, -0.1) is 0 Å². The molecular weight excluding hydrogens is 388 g/mol. The normalized spacial score (nSPS) is 11.0. The summed E-state index contributed by atoms with van der Waals surface area (Å²) < 4.78 is 19.2. The third-order valence-corrected chi connectivity index (χ3v) is 5.72. The molecule has 0 saturated heterocycles. The van der Waals surface area contributed by atoms with Crippen molar-refractivity contribution < 1.29 is 14.2 Å². The predicted molar refractivity (Wildman–Crippen MR) is 123 cm³/mol. The Labute approximate surface area is 183 Å². The summed E-state index contributed by atoms with van der Waals surface area (Å²) in [5.41, 5.74) is 5.66. The van der Waals surface area contributed by atoms with Gasteiger partial charge < -0.3 is 18.8 Å². The molecule has 0 aliphatic carbocycles. The summed E-state index contributed by atoms with van der Waals surface area (Å²) in [6.45, 7) is 5.40. The molecule has 3 aromatic carbocycles. The van der Waals surface area contributed by atoms with Gasteiger partial charge in [-0.3, -0.25) is 0 Å². The lowest BCUT2D eigenvalue weighted by Gasteiger charge is -2.14. The van der Waals surface area contributed by atoms with Gasteiger partial charge in [0, 0.05) is 6.54 Å². The maximum atomic E-state index is 6.17. The molecule has 0 spiro atoms. The van der Waals surface area contributed by atoms with Gasteiger partial charge in [-0.05, 0) is 67.3 Å². The van der Waals surface area contributed by atoms with Crippen molar-refractivity contribution in [3.8, 4) is 17.2 Å². The number of aromatic nitrogens is 2. The molecule has 0 N–H and O–H groups in total. The number of nitrogens with zero attached hydrogens (tertiary/aromatic N) is 2. The average molecular weight is 417 g/mol. The van der Waals surface area contributed by atoms with Gasteiger partial charge in [0.2, 0.25) is 0 Å². The Balaban J connectivity index is 1.59. The van der Waals surface area contributed by atoms with Crippen LogP contribution in [0.3, 0.4) is 0 Å². The zero-order chi connectivity index (χ0) is 21.8. The van der Waals surface area contributed by atoms with Crippen LogP contribution in [-0.2, 0) is 19.6 Å². The van der Waals surface area contributed by atoms with E-state index < -0.39 is 0 Å². The van der Waals surface area contributed by atoms with Crippen molar-refractivity contribution >= 4 is 11.0 Å². The molecule has 5 nitrogen and oxygen atoms in total. The minimum Gasteiger partial charge on any atom is -0.493 e. The summed E-state index contributed by atoms with van der Waals surface area (Å²) in [7, 11) is 3.31. The summed E-state index contributed by atoms with van der Waals surface area (Å²) in [4.78, 5) is 4.85. The van der Waals surface area contributed by atoms with E-state index in [-0.39, 0.29) is 0 Å². The zero-order valence-electron chi connectivity index (χ0n) is 18.5. The Hall–Kier alpha value is -3.47. The molecule has 0 atom stereocenters. The van der Waals surface area contributed by atoms with Crippen LogP contribution in [0, 0.1) is 13.8 Å². The third kappa shape index (κ3) is 4.36. The fourth-order valence-corrected chi connectivity index (χ4v) is 3.78. The number of hydrogen-bond donors (Lipinski definition) is 0. The van der Waals surface area contributed by atoms with Crippen LogP contribution in [0.4, 0.5) is 0 Å². The van der Waals surface area contributed by atoms with Crippen LogP contribution in [0.5, 0.6) is 17.2 Å². The molecule has 0 radical (unpaired) electrons. The number of hydrogen-bond acceptors (Lipinski definition) is 4. The molecule has 0 bridgehead atoms. The van der Waals surface area contributed by atoms with E-state index in [1.807, 2.05) is 42.5 Å². The topological polar surface area (TPSA) is 45.5 Å². The van der Waals surface area contributed by atoms with Crippen molar-refractivity contribution in [1.82, 2.24) is 9.55 Å². The molecule has 0 aliphatic rings. The highest BCUT2D eigenvalue weighted by Crippen LogP contribution is 2.28. The average Bonchev–Trinajstić information content (AvgIpc) is 3.15. The van der Waals surface area contributed by atoms with E-state index in [9.17, 15) is 0 Å². The fourth-order valence-electron chi connectivity index (χ4n) is 3.78. The number of fused-ring (bicyclic) bond motifs is 1. The molecule has 1 heterocycles. The first kappa shape index (κ1) is 20.8. The van der Waals surface area contributed by atoms with Crippen LogP contribution < -0.4 is 14.2 Å². The number of methoxy groups -OCH3 is 2. The number of ether oxygens (including phenoxy) is 3. The SMILES string of the molecule is COc1ccc(CCn2c(COc3cccc(C)c3C)nc3ccccc32)cc1OC. The predicted octanol–water partition coefficient (Wildman–Crippen LogP) is 5.49. The summed E-state index contributed by atoms with van der Waals surface area (Å²) in [5, 5.41) is 0. The van der Waals surface area contributed by atoms with Gasteiger partial charge in [-0.2, -0.15) is 0 Å². The maximum Gasteiger partial charge on any atom is 0.160 e. The molecule has 1 aromatic heterocycles. The molecule has 0 fully saturated rings. The third-order valence-electron chi connectivity index (χ3n) is 5.72. The van der Waals surface area contributed by atoms with E-state index in [1.54, 1.807) is 14.2 Å². The Bertz CT molecular complexity index is 1200. The standard InChI is InChI=1S/C26H28N2O3/c1-18-8-7-11-23(19(18)2)31-17-26-27-21-9-5-6-10-22(21)28(26)15-14-20-12-13-24(29-3)25(16-20)30-4/h5-13,16H,14-15,17H2,1-4H3. The largest absolute Gasteiger partial charge is 0.493 e. The first-order chi connectivity index (χ1) is 15.1. The molecule has 0 saturated carbocycles. The number of rotatable bonds is 8. The van der Waals surface area contributed by atoms with Gasteiger partial charge in [0.15, 0.2) is 11.5 Å². The lowest BCUT2D eigenvalue weighted by atomic mass is 10.1. The quantitative estimate of drug-likeness (QED) is 0.381. The number of para-hydroxylation sites is 2. The van der Waals surface area contributed by atoms with Crippen LogP contribution in [0.2, 0.25) is 0 Å². The maximum absolute atomic E-state index is 6.17. The molecule has 0 amide bonds. The monoisotopic (exact) mass is 416 g/mol. The second-order valence-corrected chi connectivity index (χ2v) is 7.59. The van der Waals surface area contributed by atoms with Crippen molar-refractivity contribution in [2.24, 2.45) is 0 Å². The summed E-state index contributed by atoms with van der Waals surface area (Å²) in [6.07, 6.45) is 0.844. The van der Waals surface area contributed by atoms with E-state index in [0.717, 1.165) is 52.6 Å². The van der Waals surface area contributed by atoms with Gasteiger partial charge in [0.1, 0.15) is 18.2 Å². The van der Waals surface area contributed by atoms with Crippen LogP contribution in [0.15, 0.2) is 60.7 Å². The van der Waals surface area contributed by atoms with Crippen LogP contribution in [-0.4, -0.2) is 23.8 Å². The fraction of sp³-hybridized carbons (Fsp3) is 0.269. The van der Waals surface area contributed by atoms with Gasteiger partial charge in [-0.25, -0.2) is 4.98 Å². The van der Waals surface area contributed by atoms with E-state index in [2.05, 4.69) is 36.6 Å². The molecular formula is C26H28N2O3. The van der Waals surface area contributed by atoms with Crippen molar-refractivity contribution in [3.05, 3.63) is 83.2 Å². The van der Waals surface area contributed by atoms with Crippen LogP contribution in [0.1, 0.15) is 22.5 Å². The van der Waals surface area contributed by atoms with E-state index in [4.69, 9.17) is 19.2 Å². The Morgan fingerprint density at radius 1 is 0.839 bits per heavy atom. The summed E-state index contributed by atoms with van der Waals surface area (Å²) >= 11 is 0. The highest BCUT2D eigenvalue weighted by Gasteiger charge is 2.13. The molecule has 0 aliphatic heterocycles. The van der Waals surface area contributed by atoms with Crippen LogP contribution in [0.25, 0.3) is 11.0 Å². The van der Waals surface area contributed by atoms with Crippen molar-refractivity contribution in [2.45, 2.75) is 33.4 Å². The molecule has 0 unspecified atom stereocenters. The minimum atomic E-state index is 0.422. The first-order valence-electron chi connectivity index (χ1n) is 10.4. The van der Waals surface area contributed by atoms with Gasteiger partial charge >= 0.3 is 0 Å². The number of imidazole rings is 1. The lowest BCUT2D eigenvalue weighted by Crippen LogP contribution is -2.10. The first-order valence-corrected chi connectivity index (χ1v) is 10.4. The van der Waals surface area contributed by atoms with E-state index in [0.29, 0.717) is 6.61 Å². The Morgan fingerprint density at radius 2 is 1.65 bits per heavy atom. The molecule has 4 aromatic rings. The zero-order valence-corrected chi connectivity index (χ0v) is 18.5.